The van der Waals surface area contributed by atoms with Crippen molar-refractivity contribution in [1.29, 1.82) is 0 Å². The highest BCUT2D eigenvalue weighted by Crippen LogP contribution is 2.26. The largest absolute Gasteiger partial charge is 0.493 e. The van der Waals surface area contributed by atoms with Crippen LogP contribution in [0.25, 0.3) is 11.5 Å². The first-order valence-corrected chi connectivity index (χ1v) is 14.0. The van der Waals surface area contributed by atoms with Crippen LogP contribution in [-0.2, 0) is 28.9 Å². The molecule has 40 heavy (non-hydrogen) atoms. The van der Waals surface area contributed by atoms with Gasteiger partial charge in [0, 0.05) is 37.2 Å². The van der Waals surface area contributed by atoms with E-state index >= 15 is 0 Å². The number of benzene rings is 3. The summed E-state index contributed by atoms with van der Waals surface area (Å²) in [5.74, 6) is 2.06. The number of aryl methyl sites for hydroxylation is 1. The summed E-state index contributed by atoms with van der Waals surface area (Å²) in [4.78, 5) is 19.9. The Morgan fingerprint density at radius 2 is 1.73 bits per heavy atom. The molecule has 1 aliphatic rings. The molecule has 1 aromatic heterocycles. The van der Waals surface area contributed by atoms with E-state index in [-0.39, 0.29) is 5.97 Å². The molecule has 0 spiro atoms. The van der Waals surface area contributed by atoms with Gasteiger partial charge in [-0.2, -0.15) is 0 Å². The zero-order valence-corrected chi connectivity index (χ0v) is 23.3. The van der Waals surface area contributed by atoms with Gasteiger partial charge < -0.3 is 13.9 Å². The van der Waals surface area contributed by atoms with Crippen molar-refractivity contribution in [2.24, 2.45) is 0 Å². The van der Waals surface area contributed by atoms with E-state index in [1.54, 1.807) is 0 Å². The zero-order valence-electron chi connectivity index (χ0n) is 23.3. The molecule has 2 heterocycles. The quantitative estimate of drug-likeness (QED) is 0.202. The normalized spacial score (nSPS) is 13.8. The summed E-state index contributed by atoms with van der Waals surface area (Å²) in [5.41, 5.74) is 6.18. The first-order valence-electron chi connectivity index (χ1n) is 14.0. The van der Waals surface area contributed by atoms with Gasteiger partial charge in [0.05, 0.1) is 18.9 Å². The van der Waals surface area contributed by atoms with Crippen LogP contribution in [0.5, 0.6) is 5.75 Å². The van der Waals surface area contributed by atoms with Gasteiger partial charge in [-0.1, -0.05) is 60.7 Å². The molecule has 0 aliphatic carbocycles. The molecule has 0 fully saturated rings. The van der Waals surface area contributed by atoms with E-state index in [2.05, 4.69) is 46.3 Å². The fraction of sp³-hybridized carbons (Fsp3) is 0.294. The summed E-state index contributed by atoms with van der Waals surface area (Å²) in [5, 5.41) is 0. The second kappa shape index (κ2) is 13.3. The number of carbonyl (C=O) groups is 1. The molecule has 1 aliphatic heterocycles. The number of aromatic nitrogens is 1. The van der Waals surface area contributed by atoms with E-state index in [1.807, 2.05) is 62.4 Å². The lowest BCUT2D eigenvalue weighted by Gasteiger charge is -2.30. The molecule has 0 N–H and O–H groups in total. The second-order valence-electron chi connectivity index (χ2n) is 10.1. The van der Waals surface area contributed by atoms with Crippen LogP contribution in [-0.4, -0.2) is 42.2 Å². The van der Waals surface area contributed by atoms with E-state index in [1.165, 1.54) is 5.56 Å². The SMILES string of the molecule is CCOC(=O)C1=C(Cc2cccc(OCCc3nc(-c4ccccc4)oc3C)c2)CN(Cc2ccccc2)CC1. The van der Waals surface area contributed by atoms with Crippen LogP contribution >= 0.6 is 0 Å². The maximum absolute atomic E-state index is 12.8. The van der Waals surface area contributed by atoms with Crippen molar-refractivity contribution in [3.05, 3.63) is 119 Å². The fourth-order valence-corrected chi connectivity index (χ4v) is 5.12. The number of ether oxygens (including phenoxy) is 2. The number of nitrogens with zero attached hydrogens (tertiary/aromatic N) is 2. The fourth-order valence-electron chi connectivity index (χ4n) is 5.12. The number of carbonyl (C=O) groups excluding carboxylic acids is 1. The molecule has 0 radical (unpaired) electrons. The molecule has 0 saturated carbocycles. The lowest BCUT2D eigenvalue weighted by molar-refractivity contribution is -0.138. The number of hydrogen-bond donors (Lipinski definition) is 0. The summed E-state index contributed by atoms with van der Waals surface area (Å²) < 4.78 is 17.4. The predicted octanol–water partition coefficient (Wildman–Crippen LogP) is 6.58. The molecule has 0 atom stereocenters. The molecule has 3 aromatic carbocycles. The smallest absolute Gasteiger partial charge is 0.334 e. The summed E-state index contributed by atoms with van der Waals surface area (Å²) >= 11 is 0. The van der Waals surface area contributed by atoms with Crippen molar-refractivity contribution in [1.82, 2.24) is 9.88 Å². The Kier molecular flexibility index (Phi) is 9.09. The van der Waals surface area contributed by atoms with Gasteiger partial charge in [-0.3, -0.25) is 4.90 Å². The molecule has 0 amide bonds. The minimum absolute atomic E-state index is 0.192. The van der Waals surface area contributed by atoms with Gasteiger partial charge in [-0.05, 0) is 67.7 Å². The number of oxazole rings is 1. The van der Waals surface area contributed by atoms with E-state index in [0.717, 1.165) is 59.1 Å². The molecule has 6 heteroatoms. The third-order valence-electron chi connectivity index (χ3n) is 7.13. The number of hydrogen-bond acceptors (Lipinski definition) is 6. The molecular formula is C34H36N2O4. The van der Waals surface area contributed by atoms with Gasteiger partial charge in [0.15, 0.2) is 0 Å². The molecule has 0 saturated heterocycles. The van der Waals surface area contributed by atoms with Gasteiger partial charge in [0.2, 0.25) is 5.89 Å². The predicted molar refractivity (Wildman–Crippen MR) is 156 cm³/mol. The minimum Gasteiger partial charge on any atom is -0.493 e. The summed E-state index contributed by atoms with van der Waals surface area (Å²) in [7, 11) is 0. The highest BCUT2D eigenvalue weighted by molar-refractivity contribution is 5.89. The van der Waals surface area contributed by atoms with E-state index < -0.39 is 0 Å². The van der Waals surface area contributed by atoms with Crippen molar-refractivity contribution in [2.75, 3.05) is 26.3 Å². The van der Waals surface area contributed by atoms with Crippen LogP contribution in [0.2, 0.25) is 0 Å². The van der Waals surface area contributed by atoms with Crippen LogP contribution in [0.4, 0.5) is 0 Å². The minimum atomic E-state index is -0.192. The number of rotatable bonds is 11. The van der Waals surface area contributed by atoms with Crippen molar-refractivity contribution in [2.45, 2.75) is 39.7 Å². The highest BCUT2D eigenvalue weighted by Gasteiger charge is 2.24. The van der Waals surface area contributed by atoms with E-state index in [9.17, 15) is 4.79 Å². The molecule has 0 unspecified atom stereocenters. The van der Waals surface area contributed by atoms with Crippen LogP contribution in [0.3, 0.4) is 0 Å². The van der Waals surface area contributed by atoms with Crippen LogP contribution in [0, 0.1) is 6.92 Å². The Labute approximate surface area is 236 Å². The van der Waals surface area contributed by atoms with Crippen molar-refractivity contribution in [3.8, 4) is 17.2 Å². The molecule has 5 rings (SSSR count). The van der Waals surface area contributed by atoms with Crippen molar-refractivity contribution >= 4 is 5.97 Å². The molecule has 206 valence electrons. The summed E-state index contributed by atoms with van der Waals surface area (Å²) in [6.45, 7) is 7.10. The molecule has 4 aromatic rings. The third kappa shape index (κ3) is 7.07. The Morgan fingerprint density at radius 3 is 2.50 bits per heavy atom. The van der Waals surface area contributed by atoms with Crippen LogP contribution < -0.4 is 4.74 Å². The van der Waals surface area contributed by atoms with Gasteiger partial charge in [-0.15, -0.1) is 0 Å². The second-order valence-corrected chi connectivity index (χ2v) is 10.1. The average Bonchev–Trinajstić information content (AvgIpc) is 3.35. The molecular weight excluding hydrogens is 500 g/mol. The number of esters is 1. The Balaban J connectivity index is 1.24. The topological polar surface area (TPSA) is 64.8 Å². The highest BCUT2D eigenvalue weighted by atomic mass is 16.5. The Bertz CT molecular complexity index is 1440. The first kappa shape index (κ1) is 27.4. The Morgan fingerprint density at radius 1 is 0.975 bits per heavy atom. The lowest BCUT2D eigenvalue weighted by Crippen LogP contribution is -2.34. The van der Waals surface area contributed by atoms with E-state index in [4.69, 9.17) is 13.9 Å². The maximum atomic E-state index is 12.8. The average molecular weight is 537 g/mol. The van der Waals surface area contributed by atoms with Crippen molar-refractivity contribution in [3.63, 3.8) is 0 Å². The van der Waals surface area contributed by atoms with Gasteiger partial charge >= 0.3 is 5.97 Å². The first-order chi connectivity index (χ1) is 19.6. The van der Waals surface area contributed by atoms with Crippen LogP contribution in [0.1, 0.15) is 35.9 Å². The maximum Gasteiger partial charge on any atom is 0.334 e. The molecule has 6 nitrogen and oxygen atoms in total. The molecule has 0 bridgehead atoms. The Hall–Kier alpha value is -4.16. The summed E-state index contributed by atoms with van der Waals surface area (Å²) in [6.07, 6.45) is 2.03. The van der Waals surface area contributed by atoms with E-state index in [0.29, 0.717) is 38.4 Å². The van der Waals surface area contributed by atoms with Gasteiger partial charge in [0.25, 0.3) is 0 Å². The lowest BCUT2D eigenvalue weighted by atomic mass is 9.94. The van der Waals surface area contributed by atoms with Gasteiger partial charge in [-0.25, -0.2) is 9.78 Å². The van der Waals surface area contributed by atoms with Crippen LogP contribution in [0.15, 0.2) is 100 Å². The monoisotopic (exact) mass is 536 g/mol. The standard InChI is InChI=1S/C34H36N2O4/c1-3-38-34(37)31-17-19-36(23-26-11-6-4-7-12-26)24-29(31)21-27-13-10-16-30(22-27)39-20-18-32-25(2)40-33(35-32)28-14-8-5-9-15-28/h4-16,22H,3,17-21,23-24H2,1-2H3. The zero-order chi connectivity index (χ0) is 27.7. The summed E-state index contributed by atoms with van der Waals surface area (Å²) in [6, 6.07) is 28.5. The third-order valence-corrected chi connectivity index (χ3v) is 7.13. The van der Waals surface area contributed by atoms with Gasteiger partial charge in [0.1, 0.15) is 11.5 Å². The van der Waals surface area contributed by atoms with Crippen molar-refractivity contribution < 1.29 is 18.7 Å².